The number of hydrogen-bond donors (Lipinski definition) is 0. The largest absolute Gasteiger partial charge is 0.465 e. The highest BCUT2D eigenvalue weighted by atomic mass is 32.2. The Morgan fingerprint density at radius 1 is 1.40 bits per heavy atom. The summed E-state index contributed by atoms with van der Waals surface area (Å²) < 4.78 is 21.7. The molecule has 0 N–H and O–H groups in total. The summed E-state index contributed by atoms with van der Waals surface area (Å²) >= 11 is 0. The number of carbonyl (C=O) groups is 2. The van der Waals surface area contributed by atoms with E-state index in [0.29, 0.717) is 4.90 Å². The molecule has 0 saturated carbocycles. The van der Waals surface area contributed by atoms with Crippen molar-refractivity contribution in [1.82, 2.24) is 0 Å². The lowest BCUT2D eigenvalue weighted by molar-refractivity contribution is -0.141. The van der Waals surface area contributed by atoms with E-state index in [4.69, 9.17) is 9.47 Å². The lowest BCUT2D eigenvalue weighted by Crippen LogP contribution is -2.19. The Labute approximate surface area is 119 Å². The van der Waals surface area contributed by atoms with Crippen LogP contribution in [-0.4, -0.2) is 35.1 Å². The molecular formula is C14H16O5S. The summed E-state index contributed by atoms with van der Waals surface area (Å²) in [5.74, 6) is -1.05. The van der Waals surface area contributed by atoms with E-state index in [1.54, 1.807) is 12.1 Å². The third kappa shape index (κ3) is 4.16. The minimum Gasteiger partial charge on any atom is -0.465 e. The fraction of sp³-hybridized carbons (Fsp3) is 0.429. The minimum absolute atomic E-state index is 0.0840. The second-order valence-electron chi connectivity index (χ2n) is 4.74. The molecule has 1 aliphatic rings. The molecule has 1 saturated heterocycles. The number of aryl methyl sites for hydroxylation is 1. The van der Waals surface area contributed by atoms with Crippen LogP contribution < -0.4 is 0 Å². The van der Waals surface area contributed by atoms with E-state index in [1.807, 2.05) is 19.1 Å². The van der Waals surface area contributed by atoms with Crippen LogP contribution in [0, 0.1) is 12.8 Å². The summed E-state index contributed by atoms with van der Waals surface area (Å²) in [4.78, 5) is 23.1. The fourth-order valence-corrected chi connectivity index (χ4v) is 2.71. The standard InChI is InChI=1S/C14H16O5S/c1-10-2-4-12(5-3-10)20(17)9-14(16)19-8-11-6-13(15)18-7-11/h2-5,11H,6-9H2,1H3/t11-,20+/m0/s1. The highest BCUT2D eigenvalue weighted by Crippen LogP contribution is 2.14. The van der Waals surface area contributed by atoms with Crippen LogP contribution in [0.4, 0.5) is 0 Å². The molecule has 0 radical (unpaired) electrons. The molecule has 0 amide bonds. The molecule has 1 heterocycles. The van der Waals surface area contributed by atoms with Gasteiger partial charge in [-0.1, -0.05) is 17.7 Å². The molecule has 5 nitrogen and oxygen atoms in total. The van der Waals surface area contributed by atoms with Gasteiger partial charge in [-0.3, -0.25) is 13.8 Å². The van der Waals surface area contributed by atoms with E-state index in [-0.39, 0.29) is 37.3 Å². The highest BCUT2D eigenvalue weighted by Gasteiger charge is 2.25. The number of cyclic esters (lactones) is 1. The van der Waals surface area contributed by atoms with Crippen LogP contribution >= 0.6 is 0 Å². The molecule has 1 aromatic carbocycles. The summed E-state index contributed by atoms with van der Waals surface area (Å²) in [6, 6.07) is 7.17. The topological polar surface area (TPSA) is 69.7 Å². The predicted octanol–water partition coefficient (Wildman–Crippen LogP) is 1.21. The van der Waals surface area contributed by atoms with Gasteiger partial charge < -0.3 is 9.47 Å². The van der Waals surface area contributed by atoms with Crippen molar-refractivity contribution in [3.8, 4) is 0 Å². The maximum absolute atomic E-state index is 11.9. The van der Waals surface area contributed by atoms with Crippen LogP contribution in [-0.2, 0) is 29.9 Å². The summed E-state index contributed by atoms with van der Waals surface area (Å²) in [6.07, 6.45) is 0.272. The molecular weight excluding hydrogens is 280 g/mol. The van der Waals surface area contributed by atoms with Gasteiger partial charge in [0.15, 0.2) is 0 Å². The average molecular weight is 296 g/mol. The van der Waals surface area contributed by atoms with E-state index in [1.165, 1.54) is 0 Å². The number of hydrogen-bond acceptors (Lipinski definition) is 5. The Bertz CT molecular complexity index is 523. The van der Waals surface area contributed by atoms with Crippen molar-refractivity contribution >= 4 is 22.7 Å². The van der Waals surface area contributed by atoms with Gasteiger partial charge in [0.25, 0.3) is 0 Å². The van der Waals surface area contributed by atoms with Gasteiger partial charge in [-0.05, 0) is 19.1 Å². The lowest BCUT2D eigenvalue weighted by Gasteiger charge is -2.08. The number of rotatable bonds is 5. The van der Waals surface area contributed by atoms with Crippen molar-refractivity contribution in [2.45, 2.75) is 18.2 Å². The summed E-state index contributed by atoms with van der Waals surface area (Å²) in [6.45, 7) is 2.36. The predicted molar refractivity (Wildman–Crippen MR) is 72.5 cm³/mol. The van der Waals surface area contributed by atoms with Crippen molar-refractivity contribution in [3.63, 3.8) is 0 Å². The molecule has 1 aromatic rings. The van der Waals surface area contributed by atoms with Gasteiger partial charge in [0.2, 0.25) is 0 Å². The Kier molecular flexibility index (Phi) is 4.89. The second-order valence-corrected chi connectivity index (χ2v) is 6.19. The molecule has 2 atom stereocenters. The van der Waals surface area contributed by atoms with Crippen LogP contribution in [0.1, 0.15) is 12.0 Å². The maximum atomic E-state index is 11.9. The number of ether oxygens (including phenoxy) is 2. The Balaban J connectivity index is 1.77. The molecule has 0 aliphatic carbocycles. The van der Waals surface area contributed by atoms with Crippen LogP contribution in [0.25, 0.3) is 0 Å². The highest BCUT2D eigenvalue weighted by molar-refractivity contribution is 7.85. The van der Waals surface area contributed by atoms with Gasteiger partial charge in [-0.2, -0.15) is 0 Å². The normalized spacial score (nSPS) is 19.4. The van der Waals surface area contributed by atoms with E-state index in [2.05, 4.69) is 0 Å². The van der Waals surface area contributed by atoms with Gasteiger partial charge in [0.1, 0.15) is 5.75 Å². The van der Waals surface area contributed by atoms with E-state index >= 15 is 0 Å². The first-order valence-corrected chi connectivity index (χ1v) is 7.63. The maximum Gasteiger partial charge on any atom is 0.318 e. The second kappa shape index (κ2) is 6.65. The Morgan fingerprint density at radius 2 is 2.10 bits per heavy atom. The number of benzene rings is 1. The van der Waals surface area contributed by atoms with E-state index in [9.17, 15) is 13.8 Å². The van der Waals surface area contributed by atoms with Crippen molar-refractivity contribution in [3.05, 3.63) is 29.8 Å². The SMILES string of the molecule is Cc1ccc([S@](=O)CC(=O)OC[C@@H]2COC(=O)C2)cc1. The summed E-state index contributed by atoms with van der Waals surface area (Å²) in [5.41, 5.74) is 1.07. The molecule has 0 unspecified atom stereocenters. The van der Waals surface area contributed by atoms with Crippen LogP contribution in [0.3, 0.4) is 0 Å². The van der Waals surface area contributed by atoms with E-state index in [0.717, 1.165) is 5.56 Å². The monoisotopic (exact) mass is 296 g/mol. The van der Waals surface area contributed by atoms with Crippen LogP contribution in [0.15, 0.2) is 29.2 Å². The van der Waals surface area contributed by atoms with E-state index < -0.39 is 16.8 Å². The zero-order valence-corrected chi connectivity index (χ0v) is 12.0. The number of carbonyl (C=O) groups excluding carboxylic acids is 2. The van der Waals surface area contributed by atoms with Crippen LogP contribution in [0.5, 0.6) is 0 Å². The minimum atomic E-state index is -1.40. The average Bonchev–Trinajstić information content (AvgIpc) is 2.83. The summed E-state index contributed by atoms with van der Waals surface area (Å²) in [7, 11) is -1.40. The molecule has 20 heavy (non-hydrogen) atoms. The first kappa shape index (κ1) is 14.7. The zero-order valence-electron chi connectivity index (χ0n) is 11.2. The molecule has 2 rings (SSSR count). The van der Waals surface area contributed by atoms with Gasteiger partial charge in [-0.15, -0.1) is 0 Å². The first-order valence-electron chi connectivity index (χ1n) is 6.31. The van der Waals surface area contributed by atoms with Crippen molar-refractivity contribution in [1.29, 1.82) is 0 Å². The van der Waals surface area contributed by atoms with Gasteiger partial charge in [0, 0.05) is 10.8 Å². The molecule has 0 spiro atoms. The molecule has 0 aromatic heterocycles. The summed E-state index contributed by atoms with van der Waals surface area (Å²) in [5, 5.41) is 0. The van der Waals surface area contributed by atoms with Gasteiger partial charge in [-0.25, -0.2) is 0 Å². The van der Waals surface area contributed by atoms with Crippen molar-refractivity contribution in [2.24, 2.45) is 5.92 Å². The smallest absolute Gasteiger partial charge is 0.318 e. The molecule has 108 valence electrons. The Morgan fingerprint density at radius 3 is 2.70 bits per heavy atom. The third-order valence-corrected chi connectivity index (χ3v) is 4.24. The first-order chi connectivity index (χ1) is 9.54. The quantitative estimate of drug-likeness (QED) is 0.764. The van der Waals surface area contributed by atoms with Crippen LogP contribution in [0.2, 0.25) is 0 Å². The van der Waals surface area contributed by atoms with Crippen molar-refractivity contribution < 1.29 is 23.3 Å². The lowest BCUT2D eigenvalue weighted by atomic mass is 10.1. The molecule has 0 bridgehead atoms. The van der Waals surface area contributed by atoms with Crippen molar-refractivity contribution in [2.75, 3.05) is 19.0 Å². The third-order valence-electron chi connectivity index (χ3n) is 2.95. The molecule has 1 aliphatic heterocycles. The van der Waals surface area contributed by atoms with Gasteiger partial charge >= 0.3 is 11.9 Å². The fourth-order valence-electron chi connectivity index (χ4n) is 1.80. The molecule has 6 heteroatoms. The number of esters is 2. The van der Waals surface area contributed by atoms with Gasteiger partial charge in [0.05, 0.1) is 30.4 Å². The molecule has 1 fully saturated rings. The Hall–Kier alpha value is -1.69. The zero-order chi connectivity index (χ0) is 14.5.